The molecule has 2 N–H and O–H groups in total. The van der Waals surface area contributed by atoms with E-state index in [0.29, 0.717) is 38.6 Å². The van der Waals surface area contributed by atoms with Crippen LogP contribution in [0.1, 0.15) is 20.8 Å². The molecule has 0 spiro atoms. The zero-order valence-electron chi connectivity index (χ0n) is 15.8. The number of ether oxygens (including phenoxy) is 2. The van der Waals surface area contributed by atoms with E-state index in [1.807, 2.05) is 36.4 Å². The number of thiophene rings is 1. The van der Waals surface area contributed by atoms with Crippen LogP contribution >= 0.6 is 35.2 Å². The summed E-state index contributed by atoms with van der Waals surface area (Å²) in [6, 6.07) is 17.1. The normalized spacial score (nSPS) is 10.3. The van der Waals surface area contributed by atoms with Gasteiger partial charge in [0.2, 0.25) is 0 Å². The van der Waals surface area contributed by atoms with Gasteiger partial charge in [0.25, 0.3) is 0 Å². The molecule has 0 atom stereocenters. The molecule has 0 saturated carbocycles. The van der Waals surface area contributed by atoms with E-state index in [-0.39, 0.29) is 0 Å². The molecule has 0 bridgehead atoms. The Bertz CT molecular complexity index is 1020. The number of benzene rings is 2. The molecular weight excluding hydrogens is 428 g/mol. The van der Waals surface area contributed by atoms with Crippen molar-refractivity contribution in [3.63, 3.8) is 0 Å². The molecule has 0 saturated heterocycles. The van der Waals surface area contributed by atoms with Gasteiger partial charge >= 0.3 is 5.97 Å². The molecule has 0 fully saturated rings. The lowest BCUT2D eigenvalue weighted by Gasteiger charge is -2.11. The summed E-state index contributed by atoms with van der Waals surface area (Å²) in [4.78, 5) is 13.2. The highest BCUT2D eigenvalue weighted by Gasteiger charge is 2.18. The van der Waals surface area contributed by atoms with Crippen molar-refractivity contribution in [2.75, 3.05) is 24.9 Å². The minimum absolute atomic E-state index is 0.337. The molecule has 0 amide bonds. The van der Waals surface area contributed by atoms with Crippen LogP contribution < -0.4 is 15.4 Å². The van der Waals surface area contributed by atoms with Crippen molar-refractivity contribution in [1.82, 2.24) is 0 Å². The summed E-state index contributed by atoms with van der Waals surface area (Å²) >= 11 is 13.0. The number of thiocarbonyl (C=S) groups is 1. The molecule has 0 aliphatic heterocycles. The molecule has 5 nitrogen and oxygen atoms in total. The van der Waals surface area contributed by atoms with Crippen molar-refractivity contribution in [3.8, 4) is 5.75 Å². The second-order valence-corrected chi connectivity index (χ2v) is 7.99. The number of esters is 1. The lowest BCUT2D eigenvalue weighted by atomic mass is 10.1. The fourth-order valence-corrected chi connectivity index (χ4v) is 4.32. The lowest BCUT2D eigenvalue weighted by molar-refractivity contribution is 0.0602. The van der Waals surface area contributed by atoms with Crippen LogP contribution in [0.2, 0.25) is 5.02 Å². The Morgan fingerprint density at radius 1 is 1.10 bits per heavy atom. The van der Waals surface area contributed by atoms with E-state index in [0.717, 1.165) is 10.4 Å². The van der Waals surface area contributed by atoms with Gasteiger partial charge in [0.15, 0.2) is 5.11 Å². The molecule has 2 aromatic carbocycles. The number of anilines is 2. The van der Waals surface area contributed by atoms with Gasteiger partial charge < -0.3 is 20.1 Å². The van der Waals surface area contributed by atoms with Crippen LogP contribution in [0.4, 0.5) is 10.7 Å². The number of nitrogens with one attached hydrogen (secondary N) is 2. The summed E-state index contributed by atoms with van der Waals surface area (Å²) in [5, 5.41) is 7.58. The van der Waals surface area contributed by atoms with Crippen LogP contribution in [0.5, 0.6) is 5.75 Å². The number of rotatable bonds is 6. The minimum Gasteiger partial charge on any atom is -0.495 e. The van der Waals surface area contributed by atoms with Gasteiger partial charge in [-0.05, 0) is 42.0 Å². The van der Waals surface area contributed by atoms with Gasteiger partial charge in [-0.2, -0.15) is 0 Å². The Balaban J connectivity index is 1.76. The van der Waals surface area contributed by atoms with Crippen molar-refractivity contribution >= 4 is 56.9 Å². The number of hydrogen-bond acceptors (Lipinski definition) is 5. The Morgan fingerprint density at radius 3 is 2.52 bits per heavy atom. The van der Waals surface area contributed by atoms with Crippen LogP contribution in [0.3, 0.4) is 0 Å². The van der Waals surface area contributed by atoms with Crippen molar-refractivity contribution in [2.24, 2.45) is 0 Å². The SMILES string of the molecule is COC(=O)c1cc(Cc2ccccc2)sc1NC(=S)Nc1ccc(OC)c(Cl)c1. The maximum Gasteiger partial charge on any atom is 0.340 e. The molecule has 1 heterocycles. The van der Waals surface area contributed by atoms with Gasteiger partial charge in [0.05, 0.1) is 24.8 Å². The Kier molecular flexibility index (Phi) is 7.09. The van der Waals surface area contributed by atoms with Crippen molar-refractivity contribution < 1.29 is 14.3 Å². The molecule has 29 heavy (non-hydrogen) atoms. The van der Waals surface area contributed by atoms with Gasteiger partial charge in [-0.25, -0.2) is 4.79 Å². The first-order valence-electron chi connectivity index (χ1n) is 8.66. The summed E-state index contributed by atoms with van der Waals surface area (Å²) in [6.07, 6.45) is 0.714. The molecule has 0 radical (unpaired) electrons. The maximum atomic E-state index is 12.2. The van der Waals surface area contributed by atoms with Crippen LogP contribution in [0.15, 0.2) is 54.6 Å². The molecule has 8 heteroatoms. The van der Waals surface area contributed by atoms with Crippen LogP contribution in [-0.4, -0.2) is 25.3 Å². The molecule has 3 aromatic rings. The Morgan fingerprint density at radius 2 is 1.86 bits per heavy atom. The first-order valence-corrected chi connectivity index (χ1v) is 10.3. The first-order chi connectivity index (χ1) is 14.0. The van der Waals surface area contributed by atoms with E-state index in [2.05, 4.69) is 10.6 Å². The van der Waals surface area contributed by atoms with Crippen LogP contribution in [0.25, 0.3) is 0 Å². The average molecular weight is 447 g/mol. The second kappa shape index (κ2) is 9.73. The fourth-order valence-electron chi connectivity index (χ4n) is 2.69. The molecular formula is C21H19ClN2O3S2. The molecule has 1 aromatic heterocycles. The molecule has 150 valence electrons. The van der Waals surface area contributed by atoms with Crippen molar-refractivity contribution in [1.29, 1.82) is 0 Å². The standard InChI is InChI=1S/C21H19ClN2O3S2/c1-26-18-9-8-14(11-17(18)22)23-21(28)24-19-16(20(25)27-2)12-15(29-19)10-13-6-4-3-5-7-13/h3-9,11-12H,10H2,1-2H3,(H2,23,24,28). The minimum atomic E-state index is -0.418. The van der Waals surface area contributed by atoms with E-state index >= 15 is 0 Å². The summed E-state index contributed by atoms with van der Waals surface area (Å²) in [5.74, 6) is 0.159. The predicted octanol–water partition coefficient (Wildman–Crippen LogP) is 5.60. The van der Waals surface area contributed by atoms with Crippen LogP contribution in [-0.2, 0) is 11.2 Å². The zero-order chi connectivity index (χ0) is 20.8. The predicted molar refractivity (Wildman–Crippen MR) is 123 cm³/mol. The number of carbonyl (C=O) groups excluding carboxylic acids is 1. The van der Waals surface area contributed by atoms with Gasteiger partial charge in [0, 0.05) is 17.0 Å². The number of carbonyl (C=O) groups is 1. The molecule has 0 unspecified atom stereocenters. The quantitative estimate of drug-likeness (QED) is 0.380. The lowest BCUT2D eigenvalue weighted by Crippen LogP contribution is -2.19. The van der Waals surface area contributed by atoms with Gasteiger partial charge in [-0.3, -0.25) is 0 Å². The largest absolute Gasteiger partial charge is 0.495 e. The third kappa shape index (κ3) is 5.47. The summed E-state index contributed by atoms with van der Waals surface area (Å²) < 4.78 is 10.1. The monoisotopic (exact) mass is 446 g/mol. The highest BCUT2D eigenvalue weighted by Crippen LogP contribution is 2.31. The summed E-state index contributed by atoms with van der Waals surface area (Å²) in [5.41, 5.74) is 2.31. The topological polar surface area (TPSA) is 59.6 Å². The van der Waals surface area contributed by atoms with E-state index < -0.39 is 5.97 Å². The van der Waals surface area contributed by atoms with Gasteiger partial charge in [-0.1, -0.05) is 41.9 Å². The average Bonchev–Trinajstić information content (AvgIpc) is 3.10. The first kappa shape index (κ1) is 21.1. The Labute approximate surface area is 183 Å². The third-order valence-electron chi connectivity index (χ3n) is 4.05. The van der Waals surface area contributed by atoms with E-state index in [4.69, 9.17) is 33.3 Å². The highest BCUT2D eigenvalue weighted by molar-refractivity contribution is 7.80. The smallest absolute Gasteiger partial charge is 0.340 e. The highest BCUT2D eigenvalue weighted by atomic mass is 35.5. The fraction of sp³-hybridized carbons (Fsp3) is 0.143. The van der Waals surface area contributed by atoms with Gasteiger partial charge in [-0.15, -0.1) is 11.3 Å². The number of halogens is 1. The molecule has 3 rings (SSSR count). The van der Waals surface area contributed by atoms with E-state index in [1.165, 1.54) is 18.4 Å². The zero-order valence-corrected chi connectivity index (χ0v) is 18.2. The second-order valence-electron chi connectivity index (χ2n) is 6.04. The third-order valence-corrected chi connectivity index (χ3v) is 5.60. The summed E-state index contributed by atoms with van der Waals surface area (Å²) in [6.45, 7) is 0. The van der Waals surface area contributed by atoms with Crippen LogP contribution in [0, 0.1) is 0 Å². The van der Waals surface area contributed by atoms with E-state index in [9.17, 15) is 4.79 Å². The van der Waals surface area contributed by atoms with E-state index in [1.54, 1.807) is 25.3 Å². The Hall–Kier alpha value is -2.61. The number of hydrogen-bond donors (Lipinski definition) is 2. The number of methoxy groups -OCH3 is 2. The van der Waals surface area contributed by atoms with Gasteiger partial charge in [0.1, 0.15) is 10.8 Å². The van der Waals surface area contributed by atoms with Crippen molar-refractivity contribution in [2.45, 2.75) is 6.42 Å². The summed E-state index contributed by atoms with van der Waals surface area (Å²) in [7, 11) is 2.91. The van der Waals surface area contributed by atoms with Crippen molar-refractivity contribution in [3.05, 3.63) is 75.6 Å². The molecule has 0 aliphatic rings. The molecule has 0 aliphatic carbocycles. The maximum absolute atomic E-state index is 12.2.